The second-order valence-corrected chi connectivity index (χ2v) is 7.10. The van der Waals surface area contributed by atoms with E-state index in [2.05, 4.69) is 5.32 Å². The van der Waals surface area contributed by atoms with Gasteiger partial charge in [0, 0.05) is 29.4 Å². The van der Waals surface area contributed by atoms with Gasteiger partial charge in [-0.25, -0.2) is 8.42 Å². The Kier molecular flexibility index (Phi) is 3.87. The predicted molar refractivity (Wildman–Crippen MR) is 69.7 cm³/mol. The summed E-state index contributed by atoms with van der Waals surface area (Å²) in [5, 5.41) is 4.77. The van der Waals surface area contributed by atoms with Gasteiger partial charge in [-0.05, 0) is 26.0 Å². The average Bonchev–Trinajstić information content (AvgIpc) is 2.97. The van der Waals surface area contributed by atoms with E-state index in [1.807, 2.05) is 14.0 Å². The first-order chi connectivity index (χ1) is 8.09. The summed E-state index contributed by atoms with van der Waals surface area (Å²) in [5.41, 5.74) is 0. The van der Waals surface area contributed by atoms with Gasteiger partial charge in [-0.1, -0.05) is 6.92 Å². The molecule has 1 fully saturated rings. The number of nitrogens with zero attached hydrogens (tertiary/aromatic N) is 1. The Morgan fingerprint density at radius 2 is 2.24 bits per heavy atom. The molecule has 1 heterocycles. The molecule has 0 amide bonds. The Labute approximate surface area is 107 Å². The summed E-state index contributed by atoms with van der Waals surface area (Å²) in [6.07, 6.45) is 2.00. The molecule has 0 aromatic carbocycles. The van der Waals surface area contributed by atoms with Crippen LogP contribution in [0.15, 0.2) is 16.3 Å². The molecule has 1 aromatic rings. The number of thiophene rings is 1. The minimum absolute atomic E-state index is 0.234. The summed E-state index contributed by atoms with van der Waals surface area (Å²) in [4.78, 5) is 1.50. The maximum absolute atomic E-state index is 12.4. The smallest absolute Gasteiger partial charge is 0.244 e. The van der Waals surface area contributed by atoms with Crippen LogP contribution < -0.4 is 5.32 Å². The lowest BCUT2D eigenvalue weighted by atomic mass is 10.5. The largest absolute Gasteiger partial charge is 0.315 e. The topological polar surface area (TPSA) is 49.4 Å². The normalized spacial score (nSPS) is 16.6. The van der Waals surface area contributed by atoms with Crippen molar-refractivity contribution >= 4 is 21.4 Å². The van der Waals surface area contributed by atoms with E-state index < -0.39 is 10.0 Å². The third-order valence-corrected chi connectivity index (χ3v) is 5.94. The molecule has 1 aliphatic rings. The monoisotopic (exact) mass is 274 g/mol. The molecule has 0 bridgehead atoms. The van der Waals surface area contributed by atoms with Gasteiger partial charge in [0.15, 0.2) is 0 Å². The van der Waals surface area contributed by atoms with Crippen molar-refractivity contribution in [1.29, 1.82) is 0 Å². The molecule has 6 heteroatoms. The minimum atomic E-state index is -3.27. The van der Waals surface area contributed by atoms with Crippen molar-refractivity contribution in [2.75, 3.05) is 13.6 Å². The highest BCUT2D eigenvalue weighted by molar-refractivity contribution is 7.89. The molecular formula is C11H18N2O2S2. The fourth-order valence-electron chi connectivity index (χ4n) is 1.88. The van der Waals surface area contributed by atoms with Crippen LogP contribution in [-0.2, 0) is 16.6 Å². The van der Waals surface area contributed by atoms with Gasteiger partial charge in [0.25, 0.3) is 0 Å². The number of sulfonamides is 1. The van der Waals surface area contributed by atoms with Crippen LogP contribution in [0, 0.1) is 0 Å². The lowest BCUT2D eigenvalue weighted by Crippen LogP contribution is -2.32. The highest BCUT2D eigenvalue weighted by Gasteiger charge is 2.37. The van der Waals surface area contributed by atoms with Gasteiger partial charge in [-0.3, -0.25) is 0 Å². The second kappa shape index (κ2) is 5.06. The Morgan fingerprint density at radius 3 is 2.76 bits per heavy atom. The Morgan fingerprint density at radius 1 is 1.53 bits per heavy atom. The summed E-state index contributed by atoms with van der Waals surface area (Å²) in [6.45, 7) is 3.18. The zero-order valence-electron chi connectivity index (χ0n) is 10.1. The van der Waals surface area contributed by atoms with E-state index in [4.69, 9.17) is 0 Å². The molecule has 1 aromatic heterocycles. The molecule has 0 unspecified atom stereocenters. The zero-order valence-corrected chi connectivity index (χ0v) is 11.8. The quantitative estimate of drug-likeness (QED) is 0.858. The molecule has 0 atom stereocenters. The van der Waals surface area contributed by atoms with E-state index in [0.29, 0.717) is 11.4 Å². The van der Waals surface area contributed by atoms with E-state index in [1.165, 1.54) is 11.3 Å². The van der Waals surface area contributed by atoms with Crippen molar-refractivity contribution in [3.05, 3.63) is 16.3 Å². The molecule has 1 N–H and O–H groups in total. The third-order valence-electron chi connectivity index (χ3n) is 2.85. The van der Waals surface area contributed by atoms with Gasteiger partial charge in [0.05, 0.1) is 4.90 Å². The van der Waals surface area contributed by atoms with Crippen LogP contribution in [0.1, 0.15) is 24.6 Å². The first kappa shape index (κ1) is 13.0. The summed E-state index contributed by atoms with van der Waals surface area (Å²) < 4.78 is 26.4. The van der Waals surface area contributed by atoms with Crippen molar-refractivity contribution in [3.8, 4) is 0 Å². The molecule has 4 nitrogen and oxygen atoms in total. The van der Waals surface area contributed by atoms with Crippen molar-refractivity contribution in [2.45, 2.75) is 37.2 Å². The van der Waals surface area contributed by atoms with Gasteiger partial charge < -0.3 is 5.32 Å². The fourth-order valence-corrected chi connectivity index (χ4v) is 4.85. The SMILES string of the molecule is CCN(C1CC1)S(=O)(=O)c1csc(CNC)c1. The molecule has 2 rings (SSSR count). The van der Waals surface area contributed by atoms with Gasteiger partial charge in [-0.15, -0.1) is 11.3 Å². The minimum Gasteiger partial charge on any atom is -0.315 e. The summed E-state index contributed by atoms with van der Waals surface area (Å²) in [7, 11) is -1.41. The van der Waals surface area contributed by atoms with Crippen molar-refractivity contribution in [2.24, 2.45) is 0 Å². The first-order valence-electron chi connectivity index (χ1n) is 5.83. The first-order valence-corrected chi connectivity index (χ1v) is 8.15. The van der Waals surface area contributed by atoms with Gasteiger partial charge in [0.2, 0.25) is 10.0 Å². The average molecular weight is 274 g/mol. The zero-order chi connectivity index (χ0) is 12.5. The molecular weight excluding hydrogens is 256 g/mol. The summed E-state index contributed by atoms with van der Waals surface area (Å²) >= 11 is 1.49. The van der Waals surface area contributed by atoms with Crippen LogP contribution in [0.25, 0.3) is 0 Å². The molecule has 0 aliphatic heterocycles. The maximum atomic E-state index is 12.4. The van der Waals surface area contributed by atoms with Gasteiger partial charge >= 0.3 is 0 Å². The van der Waals surface area contributed by atoms with Crippen molar-refractivity contribution < 1.29 is 8.42 Å². The lowest BCUT2D eigenvalue weighted by Gasteiger charge is -2.18. The number of hydrogen-bond acceptors (Lipinski definition) is 4. The predicted octanol–water partition coefficient (Wildman–Crippen LogP) is 1.64. The van der Waals surface area contributed by atoms with E-state index in [9.17, 15) is 8.42 Å². The summed E-state index contributed by atoms with van der Waals surface area (Å²) in [5.74, 6) is 0. The Hall–Kier alpha value is -0.430. The van der Waals surface area contributed by atoms with Crippen LogP contribution in [0.5, 0.6) is 0 Å². The fraction of sp³-hybridized carbons (Fsp3) is 0.636. The molecule has 1 aliphatic carbocycles. The van der Waals surface area contributed by atoms with Crippen molar-refractivity contribution in [1.82, 2.24) is 9.62 Å². The lowest BCUT2D eigenvalue weighted by molar-refractivity contribution is 0.421. The van der Waals surface area contributed by atoms with Crippen LogP contribution in [0.2, 0.25) is 0 Å². The number of nitrogens with one attached hydrogen (secondary N) is 1. The second-order valence-electron chi connectivity index (χ2n) is 4.22. The standard InChI is InChI=1S/C11H18N2O2S2/c1-3-13(9-4-5-9)17(14,15)11-6-10(7-12-2)16-8-11/h6,8-9,12H,3-5,7H2,1-2H3. The van der Waals surface area contributed by atoms with Crippen LogP contribution in [0.4, 0.5) is 0 Å². The van der Waals surface area contributed by atoms with E-state index >= 15 is 0 Å². The summed E-state index contributed by atoms with van der Waals surface area (Å²) in [6, 6.07) is 2.01. The maximum Gasteiger partial charge on any atom is 0.244 e. The van der Waals surface area contributed by atoms with E-state index in [0.717, 1.165) is 24.3 Å². The van der Waals surface area contributed by atoms with Gasteiger partial charge in [0.1, 0.15) is 0 Å². The Bertz CT molecular complexity index is 477. The third kappa shape index (κ3) is 2.70. The van der Waals surface area contributed by atoms with E-state index in [-0.39, 0.29) is 6.04 Å². The Balaban J connectivity index is 2.23. The molecule has 17 heavy (non-hydrogen) atoms. The number of hydrogen-bond donors (Lipinski definition) is 1. The van der Waals surface area contributed by atoms with Crippen molar-refractivity contribution in [3.63, 3.8) is 0 Å². The molecule has 0 spiro atoms. The van der Waals surface area contributed by atoms with E-state index in [1.54, 1.807) is 15.8 Å². The molecule has 96 valence electrons. The van der Waals surface area contributed by atoms with Gasteiger partial charge in [-0.2, -0.15) is 4.31 Å². The van der Waals surface area contributed by atoms with Crippen LogP contribution in [0.3, 0.4) is 0 Å². The highest BCUT2D eigenvalue weighted by atomic mass is 32.2. The number of rotatable bonds is 6. The van der Waals surface area contributed by atoms with Crippen LogP contribution >= 0.6 is 11.3 Å². The molecule has 0 radical (unpaired) electrons. The molecule has 1 saturated carbocycles. The van der Waals surface area contributed by atoms with Crippen LogP contribution in [-0.4, -0.2) is 32.4 Å². The highest BCUT2D eigenvalue weighted by Crippen LogP contribution is 2.32. The molecule has 0 saturated heterocycles.